The summed E-state index contributed by atoms with van der Waals surface area (Å²) >= 11 is 0. The number of carbonyl (C=O) groups is 1. The van der Waals surface area contributed by atoms with Crippen molar-refractivity contribution < 1.29 is 4.79 Å². The van der Waals surface area contributed by atoms with Crippen LogP contribution in [0.15, 0.2) is 30.5 Å². The topological polar surface area (TPSA) is 72.9 Å². The summed E-state index contributed by atoms with van der Waals surface area (Å²) in [6.07, 6.45) is 2.46. The van der Waals surface area contributed by atoms with Crippen molar-refractivity contribution in [1.29, 1.82) is 0 Å². The van der Waals surface area contributed by atoms with Gasteiger partial charge in [-0.2, -0.15) is 5.10 Å². The summed E-state index contributed by atoms with van der Waals surface area (Å²) in [6, 6.07) is 8.09. The zero-order valence-corrected chi connectivity index (χ0v) is 11.9. The van der Waals surface area contributed by atoms with E-state index in [-0.39, 0.29) is 5.91 Å². The molecule has 0 aliphatic rings. The highest BCUT2D eigenvalue weighted by molar-refractivity contribution is 5.97. The van der Waals surface area contributed by atoms with E-state index < -0.39 is 0 Å². The average Bonchev–Trinajstić information content (AvgIpc) is 2.86. The third kappa shape index (κ3) is 2.82. The predicted octanol–water partition coefficient (Wildman–Crippen LogP) is 1.98. The van der Waals surface area contributed by atoms with Crippen LogP contribution in [0.3, 0.4) is 0 Å². The number of nitrogen functional groups attached to an aromatic ring is 1. The zero-order valence-electron chi connectivity index (χ0n) is 11.9. The van der Waals surface area contributed by atoms with Crippen molar-refractivity contribution in [2.45, 2.75) is 33.4 Å². The summed E-state index contributed by atoms with van der Waals surface area (Å²) in [5, 5.41) is 6.99. The van der Waals surface area contributed by atoms with E-state index >= 15 is 0 Å². The Balaban J connectivity index is 2.11. The van der Waals surface area contributed by atoms with Gasteiger partial charge in [0.25, 0.3) is 5.91 Å². The van der Waals surface area contributed by atoms with Crippen LogP contribution < -0.4 is 11.1 Å². The van der Waals surface area contributed by atoms with Crippen molar-refractivity contribution in [1.82, 2.24) is 15.1 Å². The number of carbonyl (C=O) groups excluding carboxylic acids is 1. The molecule has 0 radical (unpaired) electrons. The van der Waals surface area contributed by atoms with Gasteiger partial charge in [0.1, 0.15) is 5.69 Å². The first-order valence-electron chi connectivity index (χ1n) is 6.83. The molecule has 0 fully saturated rings. The minimum atomic E-state index is -0.187. The Hall–Kier alpha value is -2.30. The van der Waals surface area contributed by atoms with Gasteiger partial charge in [0.05, 0.1) is 11.9 Å². The molecule has 0 bridgehead atoms. The first kappa shape index (κ1) is 14.1. The van der Waals surface area contributed by atoms with Gasteiger partial charge in [0, 0.05) is 13.1 Å². The lowest BCUT2D eigenvalue weighted by Crippen LogP contribution is -2.27. The Bertz CT molecular complexity index is 604. The quantitative estimate of drug-likeness (QED) is 0.874. The highest BCUT2D eigenvalue weighted by Crippen LogP contribution is 2.12. The fourth-order valence-electron chi connectivity index (χ4n) is 2.22. The molecule has 20 heavy (non-hydrogen) atoms. The van der Waals surface area contributed by atoms with E-state index in [4.69, 9.17) is 5.73 Å². The summed E-state index contributed by atoms with van der Waals surface area (Å²) in [5.74, 6) is -0.187. The van der Waals surface area contributed by atoms with E-state index in [1.54, 1.807) is 4.68 Å². The van der Waals surface area contributed by atoms with E-state index in [1.807, 2.05) is 25.1 Å². The van der Waals surface area contributed by atoms with Gasteiger partial charge >= 0.3 is 0 Å². The van der Waals surface area contributed by atoms with Crippen molar-refractivity contribution in [3.05, 3.63) is 47.3 Å². The van der Waals surface area contributed by atoms with Crippen molar-refractivity contribution in [3.8, 4) is 0 Å². The second-order valence-corrected chi connectivity index (χ2v) is 4.57. The van der Waals surface area contributed by atoms with Crippen LogP contribution >= 0.6 is 0 Å². The largest absolute Gasteiger partial charge is 0.396 e. The summed E-state index contributed by atoms with van der Waals surface area (Å²) in [7, 11) is 0. The maximum Gasteiger partial charge on any atom is 0.271 e. The maximum absolute atomic E-state index is 12.2. The number of aryl methyl sites for hydroxylation is 2. The highest BCUT2D eigenvalue weighted by Gasteiger charge is 2.15. The fraction of sp³-hybridized carbons (Fsp3) is 0.333. The van der Waals surface area contributed by atoms with Gasteiger partial charge in [-0.15, -0.1) is 0 Å². The minimum absolute atomic E-state index is 0.187. The molecule has 0 spiro atoms. The van der Waals surface area contributed by atoms with Gasteiger partial charge in [-0.1, -0.05) is 31.2 Å². The number of nitrogens with one attached hydrogen (secondary N) is 1. The maximum atomic E-state index is 12.2. The van der Waals surface area contributed by atoms with E-state index in [9.17, 15) is 4.79 Å². The average molecular weight is 272 g/mol. The molecule has 1 aromatic heterocycles. The fourth-order valence-corrected chi connectivity index (χ4v) is 2.22. The molecule has 106 valence electrons. The SMILES string of the molecule is CCc1ccccc1CNC(=O)c1c(N)cnn1CC. The van der Waals surface area contributed by atoms with Crippen LogP contribution in [-0.4, -0.2) is 15.7 Å². The third-order valence-corrected chi connectivity index (χ3v) is 3.32. The lowest BCUT2D eigenvalue weighted by molar-refractivity contribution is 0.0941. The number of aromatic nitrogens is 2. The number of benzene rings is 1. The predicted molar refractivity (Wildman–Crippen MR) is 79.3 cm³/mol. The van der Waals surface area contributed by atoms with E-state index in [0.717, 1.165) is 12.0 Å². The van der Waals surface area contributed by atoms with E-state index in [2.05, 4.69) is 23.4 Å². The zero-order chi connectivity index (χ0) is 14.5. The molecule has 0 atom stereocenters. The van der Waals surface area contributed by atoms with Crippen LogP contribution in [0.2, 0.25) is 0 Å². The summed E-state index contributed by atoms with van der Waals surface area (Å²) in [5.41, 5.74) is 9.01. The number of anilines is 1. The molecular formula is C15H20N4O. The Morgan fingerprint density at radius 1 is 1.30 bits per heavy atom. The Morgan fingerprint density at radius 2 is 2.00 bits per heavy atom. The lowest BCUT2D eigenvalue weighted by Gasteiger charge is -2.10. The monoisotopic (exact) mass is 272 g/mol. The smallest absolute Gasteiger partial charge is 0.271 e. The lowest BCUT2D eigenvalue weighted by atomic mass is 10.1. The van der Waals surface area contributed by atoms with Gasteiger partial charge in [-0.3, -0.25) is 9.48 Å². The third-order valence-electron chi connectivity index (χ3n) is 3.32. The van der Waals surface area contributed by atoms with Gasteiger partial charge < -0.3 is 11.1 Å². The van der Waals surface area contributed by atoms with Crippen LogP contribution in [0.25, 0.3) is 0 Å². The summed E-state index contributed by atoms with van der Waals surface area (Å²) in [6.45, 7) is 5.14. The second-order valence-electron chi connectivity index (χ2n) is 4.57. The number of rotatable bonds is 5. The summed E-state index contributed by atoms with van der Waals surface area (Å²) < 4.78 is 1.61. The Morgan fingerprint density at radius 3 is 2.65 bits per heavy atom. The molecule has 0 unspecified atom stereocenters. The van der Waals surface area contributed by atoms with Gasteiger partial charge in [-0.05, 0) is 24.5 Å². The Labute approximate surface area is 118 Å². The van der Waals surface area contributed by atoms with E-state index in [1.165, 1.54) is 11.8 Å². The molecule has 0 aliphatic heterocycles. The van der Waals surface area contributed by atoms with Crippen molar-refractivity contribution in [2.24, 2.45) is 0 Å². The number of hydrogen-bond acceptors (Lipinski definition) is 3. The van der Waals surface area contributed by atoms with Crippen molar-refractivity contribution in [2.75, 3.05) is 5.73 Å². The molecule has 1 aromatic carbocycles. The molecule has 0 saturated carbocycles. The molecule has 1 amide bonds. The molecule has 2 rings (SSSR count). The van der Waals surface area contributed by atoms with Gasteiger partial charge in [-0.25, -0.2) is 0 Å². The van der Waals surface area contributed by atoms with Crippen LogP contribution in [-0.2, 0) is 19.5 Å². The molecular weight excluding hydrogens is 252 g/mol. The highest BCUT2D eigenvalue weighted by atomic mass is 16.2. The van der Waals surface area contributed by atoms with Crippen LogP contribution in [0, 0.1) is 0 Å². The first-order chi connectivity index (χ1) is 9.67. The molecule has 0 aliphatic carbocycles. The molecule has 5 heteroatoms. The number of amides is 1. The molecule has 0 saturated heterocycles. The van der Waals surface area contributed by atoms with Crippen LogP contribution in [0.1, 0.15) is 35.5 Å². The molecule has 3 N–H and O–H groups in total. The number of hydrogen-bond donors (Lipinski definition) is 2. The minimum Gasteiger partial charge on any atom is -0.396 e. The van der Waals surface area contributed by atoms with Gasteiger partial charge in [0.2, 0.25) is 0 Å². The van der Waals surface area contributed by atoms with Crippen LogP contribution in [0.5, 0.6) is 0 Å². The molecule has 1 heterocycles. The normalized spacial score (nSPS) is 10.5. The van der Waals surface area contributed by atoms with Gasteiger partial charge in [0.15, 0.2) is 0 Å². The Kier molecular flexibility index (Phi) is 4.40. The van der Waals surface area contributed by atoms with Crippen molar-refractivity contribution >= 4 is 11.6 Å². The molecule has 5 nitrogen and oxygen atoms in total. The second kappa shape index (κ2) is 6.23. The number of nitrogens with zero attached hydrogens (tertiary/aromatic N) is 2. The standard InChI is InChI=1S/C15H20N4O/c1-3-11-7-5-6-8-12(11)9-17-15(20)14-13(16)10-18-19(14)4-2/h5-8,10H,3-4,9,16H2,1-2H3,(H,17,20). The summed E-state index contributed by atoms with van der Waals surface area (Å²) in [4.78, 5) is 12.2. The van der Waals surface area contributed by atoms with Crippen molar-refractivity contribution in [3.63, 3.8) is 0 Å². The van der Waals surface area contributed by atoms with Crippen LogP contribution in [0.4, 0.5) is 5.69 Å². The first-order valence-corrected chi connectivity index (χ1v) is 6.83. The van der Waals surface area contributed by atoms with E-state index in [0.29, 0.717) is 24.5 Å². The number of nitrogens with two attached hydrogens (primary N) is 1. The molecule has 2 aromatic rings.